The molecule has 3 aromatic carbocycles. The van der Waals surface area contributed by atoms with Crippen LogP contribution in [0, 0.1) is 0 Å². The van der Waals surface area contributed by atoms with Gasteiger partial charge in [0.2, 0.25) is 5.91 Å². The normalized spacial score (nSPS) is 14.9. The third kappa shape index (κ3) is 4.75. The maximum absolute atomic E-state index is 13.2. The number of hydrogen-bond acceptors (Lipinski definition) is 3. The first-order chi connectivity index (χ1) is 15.0. The van der Waals surface area contributed by atoms with Crippen LogP contribution >= 0.6 is 0 Å². The summed E-state index contributed by atoms with van der Waals surface area (Å²) in [6, 6.07) is 23.5. The first kappa shape index (κ1) is 21.0. The zero-order valence-electron chi connectivity index (χ0n) is 17.2. The molecule has 0 aliphatic carbocycles. The summed E-state index contributed by atoms with van der Waals surface area (Å²) in [7, 11) is 0. The van der Waals surface area contributed by atoms with Gasteiger partial charge in [0.15, 0.2) is 0 Å². The van der Waals surface area contributed by atoms with E-state index in [2.05, 4.69) is 16.1 Å². The quantitative estimate of drug-likeness (QED) is 0.586. The molecule has 0 saturated carbocycles. The Balaban J connectivity index is 1.56. The molecule has 0 unspecified atom stereocenters. The van der Waals surface area contributed by atoms with E-state index in [4.69, 9.17) is 0 Å². The predicted octanol–water partition coefficient (Wildman–Crippen LogP) is 4.94. The highest BCUT2D eigenvalue weighted by molar-refractivity contribution is 5.98. The van der Waals surface area contributed by atoms with Gasteiger partial charge in [-0.25, -0.2) is 0 Å². The third-order valence-corrected chi connectivity index (χ3v) is 5.51. The highest BCUT2D eigenvalue weighted by Crippen LogP contribution is 2.29. The van der Waals surface area contributed by atoms with E-state index in [1.807, 2.05) is 60.4 Å². The van der Waals surface area contributed by atoms with Gasteiger partial charge < -0.3 is 9.64 Å². The molecular weight excluding hydrogens is 398 g/mol. The Kier molecular flexibility index (Phi) is 6.28. The molecule has 0 saturated heterocycles. The molecule has 1 aliphatic heterocycles. The summed E-state index contributed by atoms with van der Waals surface area (Å²) in [5.41, 5.74) is 3.98. The van der Waals surface area contributed by atoms with Crippen molar-refractivity contribution in [2.75, 3.05) is 11.4 Å². The lowest BCUT2D eigenvalue weighted by Crippen LogP contribution is -2.45. The van der Waals surface area contributed by atoms with Gasteiger partial charge in [0.05, 0.1) is 12.1 Å². The van der Waals surface area contributed by atoms with Crippen LogP contribution in [0.25, 0.3) is 0 Å². The zero-order valence-corrected chi connectivity index (χ0v) is 17.2. The largest absolute Gasteiger partial charge is 0.435 e. The van der Waals surface area contributed by atoms with Crippen molar-refractivity contribution < 1.29 is 18.3 Å². The van der Waals surface area contributed by atoms with Crippen molar-refractivity contribution in [3.63, 3.8) is 0 Å². The molecule has 4 nitrogen and oxygen atoms in total. The molecule has 3 aromatic rings. The summed E-state index contributed by atoms with van der Waals surface area (Å²) in [5.74, 6) is 0.104. The fraction of sp³-hybridized carbons (Fsp3) is 0.240. The van der Waals surface area contributed by atoms with Crippen molar-refractivity contribution in [3.8, 4) is 5.75 Å². The number of rotatable bonds is 7. The molecule has 31 heavy (non-hydrogen) atoms. The van der Waals surface area contributed by atoms with Gasteiger partial charge in [0, 0.05) is 12.2 Å². The second-order valence-corrected chi connectivity index (χ2v) is 7.55. The summed E-state index contributed by atoms with van der Waals surface area (Å²) in [5, 5.41) is 3.44. The van der Waals surface area contributed by atoms with Crippen molar-refractivity contribution in [1.29, 1.82) is 0 Å². The van der Waals surface area contributed by atoms with Crippen LogP contribution in [0.1, 0.15) is 29.7 Å². The van der Waals surface area contributed by atoms with Gasteiger partial charge in [-0.1, -0.05) is 60.7 Å². The van der Waals surface area contributed by atoms with Crippen molar-refractivity contribution >= 4 is 11.6 Å². The van der Waals surface area contributed by atoms with Gasteiger partial charge in [0.1, 0.15) is 5.75 Å². The first-order valence-electron chi connectivity index (χ1n) is 10.3. The number of carbonyl (C=O) groups excluding carboxylic acids is 1. The number of nitrogens with one attached hydrogen (secondary N) is 1. The summed E-state index contributed by atoms with van der Waals surface area (Å²) >= 11 is 0. The van der Waals surface area contributed by atoms with Gasteiger partial charge in [-0.15, -0.1) is 0 Å². The Morgan fingerprint density at radius 3 is 2.29 bits per heavy atom. The highest BCUT2D eigenvalue weighted by atomic mass is 19.3. The Hall–Kier alpha value is -3.25. The Bertz CT molecular complexity index is 1030. The monoisotopic (exact) mass is 422 g/mol. The van der Waals surface area contributed by atoms with Gasteiger partial charge in [-0.2, -0.15) is 8.78 Å². The number of alkyl halides is 2. The number of carbonyl (C=O) groups is 1. The molecule has 0 spiro atoms. The number of fused-ring (bicyclic) bond motifs is 1. The van der Waals surface area contributed by atoms with Crippen LogP contribution < -0.4 is 15.0 Å². The van der Waals surface area contributed by atoms with E-state index in [1.54, 1.807) is 12.1 Å². The Morgan fingerprint density at radius 1 is 0.935 bits per heavy atom. The van der Waals surface area contributed by atoms with Crippen molar-refractivity contribution in [2.24, 2.45) is 0 Å². The van der Waals surface area contributed by atoms with Crippen LogP contribution in [-0.4, -0.2) is 25.1 Å². The average molecular weight is 422 g/mol. The molecule has 0 fully saturated rings. The number of para-hydroxylation sites is 1. The molecule has 1 amide bonds. The summed E-state index contributed by atoms with van der Waals surface area (Å²) in [6.07, 6.45) is 0.850. The minimum atomic E-state index is -2.87. The molecule has 0 aromatic heterocycles. The predicted molar refractivity (Wildman–Crippen MR) is 116 cm³/mol. The minimum Gasteiger partial charge on any atom is -0.435 e. The number of anilines is 1. The maximum atomic E-state index is 13.2. The average Bonchev–Trinajstić information content (AvgIpc) is 3.22. The van der Waals surface area contributed by atoms with E-state index in [0.717, 1.165) is 23.2 Å². The molecule has 2 atom stereocenters. The van der Waals surface area contributed by atoms with E-state index < -0.39 is 12.7 Å². The smallest absolute Gasteiger partial charge is 0.387 e. The van der Waals surface area contributed by atoms with Gasteiger partial charge in [0.25, 0.3) is 0 Å². The van der Waals surface area contributed by atoms with Crippen LogP contribution in [0.4, 0.5) is 14.5 Å². The van der Waals surface area contributed by atoms with E-state index in [9.17, 15) is 13.6 Å². The Labute approximate surface area is 180 Å². The lowest BCUT2D eigenvalue weighted by Gasteiger charge is -2.27. The zero-order chi connectivity index (χ0) is 21.8. The highest BCUT2D eigenvalue weighted by Gasteiger charge is 2.29. The fourth-order valence-electron chi connectivity index (χ4n) is 3.99. The fourth-order valence-corrected chi connectivity index (χ4v) is 3.99. The number of nitrogens with zero attached hydrogens (tertiary/aromatic N) is 1. The van der Waals surface area contributed by atoms with Crippen molar-refractivity contribution in [2.45, 2.75) is 32.0 Å². The van der Waals surface area contributed by atoms with Crippen LogP contribution in [0.15, 0.2) is 78.9 Å². The first-order valence-corrected chi connectivity index (χ1v) is 10.3. The van der Waals surface area contributed by atoms with E-state index in [0.29, 0.717) is 6.54 Å². The molecule has 0 bridgehead atoms. The molecule has 1 heterocycles. The molecule has 1 N–H and O–H groups in total. The van der Waals surface area contributed by atoms with E-state index in [1.165, 1.54) is 17.7 Å². The van der Waals surface area contributed by atoms with E-state index >= 15 is 0 Å². The second-order valence-electron chi connectivity index (χ2n) is 7.55. The summed E-state index contributed by atoms with van der Waals surface area (Å²) in [4.78, 5) is 15.1. The summed E-state index contributed by atoms with van der Waals surface area (Å²) in [6.45, 7) is -0.345. The number of benzene rings is 3. The molecule has 6 heteroatoms. The maximum Gasteiger partial charge on any atom is 0.387 e. The number of ether oxygens (including phenoxy) is 1. The SMILES string of the molecule is C[C@H](N[C@H](c1ccccc1)c1ccc(OC(F)F)cc1)C(=O)N1CCc2ccccc21. The number of halogens is 2. The van der Waals surface area contributed by atoms with Crippen molar-refractivity contribution in [3.05, 3.63) is 95.6 Å². The lowest BCUT2D eigenvalue weighted by molar-refractivity contribution is -0.120. The van der Waals surface area contributed by atoms with Gasteiger partial charge in [-0.05, 0) is 48.2 Å². The van der Waals surface area contributed by atoms with Crippen molar-refractivity contribution in [1.82, 2.24) is 5.32 Å². The number of hydrogen-bond donors (Lipinski definition) is 1. The molecule has 4 rings (SSSR count). The molecule has 1 aliphatic rings. The van der Waals surface area contributed by atoms with Crippen LogP contribution in [-0.2, 0) is 11.2 Å². The van der Waals surface area contributed by atoms with Crippen LogP contribution in [0.2, 0.25) is 0 Å². The molecule has 160 valence electrons. The second kappa shape index (κ2) is 9.27. The van der Waals surface area contributed by atoms with Gasteiger partial charge >= 0.3 is 6.61 Å². The minimum absolute atomic E-state index is 0.00327. The van der Waals surface area contributed by atoms with Crippen LogP contribution in [0.3, 0.4) is 0 Å². The topological polar surface area (TPSA) is 41.6 Å². The van der Waals surface area contributed by atoms with Crippen LogP contribution in [0.5, 0.6) is 5.75 Å². The standard InChI is InChI=1S/C25H24F2N2O2/c1-17(24(30)29-16-15-18-7-5-6-10-22(18)29)28-23(19-8-3-2-4-9-19)20-11-13-21(14-12-20)31-25(26)27/h2-14,17,23,25,28H,15-16H2,1H3/t17-,23+/m0/s1. The van der Waals surface area contributed by atoms with E-state index in [-0.39, 0.29) is 17.7 Å². The summed E-state index contributed by atoms with van der Waals surface area (Å²) < 4.78 is 29.4. The Morgan fingerprint density at radius 2 is 1.58 bits per heavy atom. The molecule has 0 radical (unpaired) electrons. The third-order valence-electron chi connectivity index (χ3n) is 5.51. The lowest BCUT2D eigenvalue weighted by atomic mass is 9.97. The number of amides is 1. The van der Waals surface area contributed by atoms with Gasteiger partial charge in [-0.3, -0.25) is 10.1 Å². The molecular formula is C25H24F2N2O2.